The number of ether oxygens (including phenoxy) is 1. The van der Waals surface area contributed by atoms with Gasteiger partial charge in [0.15, 0.2) is 0 Å². The number of hydrogen-bond acceptors (Lipinski definition) is 5. The highest BCUT2D eigenvalue weighted by atomic mass is 16.5. The minimum atomic E-state index is -1.30. The van der Waals surface area contributed by atoms with E-state index in [1.54, 1.807) is 6.92 Å². The van der Waals surface area contributed by atoms with E-state index in [2.05, 4.69) is 6.92 Å². The van der Waals surface area contributed by atoms with E-state index in [-0.39, 0.29) is 5.92 Å². The van der Waals surface area contributed by atoms with Crippen molar-refractivity contribution in [1.29, 1.82) is 0 Å². The molecule has 0 aromatic heterocycles. The minimum absolute atomic E-state index is 0.235. The highest BCUT2D eigenvalue weighted by Crippen LogP contribution is 2.25. The molecule has 0 aliphatic carbocycles. The lowest BCUT2D eigenvalue weighted by atomic mass is 9.90. The first kappa shape index (κ1) is 11.9. The Bertz CT molecular complexity index is 182. The summed E-state index contributed by atoms with van der Waals surface area (Å²) in [6.45, 7) is 5.02. The van der Waals surface area contributed by atoms with E-state index in [0.717, 1.165) is 0 Å². The largest absolute Gasteiger partial charge is 0.394 e. The van der Waals surface area contributed by atoms with Gasteiger partial charge in [0.05, 0.1) is 12.7 Å². The topological polar surface area (TPSA) is 90.2 Å². The third kappa shape index (κ3) is 2.07. The highest BCUT2D eigenvalue weighted by molar-refractivity contribution is 4.94. The van der Waals surface area contributed by atoms with Crippen LogP contribution in [0.4, 0.5) is 0 Å². The van der Waals surface area contributed by atoms with Crippen LogP contribution in [0.2, 0.25) is 0 Å². The van der Waals surface area contributed by atoms with Gasteiger partial charge in [-0.25, -0.2) is 0 Å². The van der Waals surface area contributed by atoms with E-state index in [4.69, 9.17) is 9.84 Å². The van der Waals surface area contributed by atoms with Gasteiger partial charge in [-0.05, 0) is 12.8 Å². The summed E-state index contributed by atoms with van der Waals surface area (Å²) >= 11 is 0. The van der Waals surface area contributed by atoms with E-state index >= 15 is 0 Å². The number of aliphatic hydroxyl groups excluding tert-OH is 4. The molecule has 4 N–H and O–H groups in total. The molecule has 1 radical (unpaired) electrons. The second-order valence-corrected chi connectivity index (χ2v) is 3.77. The Morgan fingerprint density at radius 1 is 1.21 bits per heavy atom. The molecule has 0 bridgehead atoms. The van der Waals surface area contributed by atoms with E-state index in [1.165, 1.54) is 0 Å². The smallest absolute Gasteiger partial charge is 0.111 e. The Kier molecular flexibility index (Phi) is 3.86. The van der Waals surface area contributed by atoms with Gasteiger partial charge in [0, 0.05) is 0 Å². The Morgan fingerprint density at radius 3 is 2.21 bits per heavy atom. The second kappa shape index (κ2) is 4.55. The molecule has 0 amide bonds. The average Bonchev–Trinajstić information content (AvgIpc) is 2.14. The van der Waals surface area contributed by atoms with Crippen molar-refractivity contribution in [2.75, 3.05) is 6.61 Å². The van der Waals surface area contributed by atoms with E-state index in [1.807, 2.05) is 0 Å². The summed E-state index contributed by atoms with van der Waals surface area (Å²) < 4.78 is 5.22. The lowest BCUT2D eigenvalue weighted by molar-refractivity contribution is -0.236. The zero-order valence-electron chi connectivity index (χ0n) is 8.08. The SMILES string of the molecule is [CH2]C(C)[C@@H]1O[C@H](CO)[C@@H](O)[C@H](O)[C@H]1O. The summed E-state index contributed by atoms with van der Waals surface area (Å²) in [5, 5.41) is 37.2. The first-order valence-electron chi connectivity index (χ1n) is 4.62. The van der Waals surface area contributed by atoms with Crippen molar-refractivity contribution in [1.82, 2.24) is 0 Å². The maximum atomic E-state index is 9.53. The predicted molar refractivity (Wildman–Crippen MR) is 48.3 cm³/mol. The zero-order chi connectivity index (χ0) is 10.9. The van der Waals surface area contributed by atoms with Crippen molar-refractivity contribution >= 4 is 0 Å². The quantitative estimate of drug-likeness (QED) is 0.431. The highest BCUT2D eigenvalue weighted by Gasteiger charge is 2.44. The van der Waals surface area contributed by atoms with Crippen LogP contribution >= 0.6 is 0 Å². The third-order valence-electron chi connectivity index (χ3n) is 2.49. The summed E-state index contributed by atoms with van der Waals surface area (Å²) in [4.78, 5) is 0. The molecule has 1 unspecified atom stereocenters. The molecule has 14 heavy (non-hydrogen) atoms. The van der Waals surface area contributed by atoms with Crippen LogP contribution < -0.4 is 0 Å². The average molecular weight is 205 g/mol. The predicted octanol–water partition coefficient (Wildman–Crippen LogP) is -1.70. The molecule has 1 rings (SSSR count). The van der Waals surface area contributed by atoms with Gasteiger partial charge in [-0.15, -0.1) is 0 Å². The summed E-state index contributed by atoms with van der Waals surface area (Å²) in [5.41, 5.74) is 0. The van der Waals surface area contributed by atoms with Gasteiger partial charge in [-0.1, -0.05) is 6.92 Å². The van der Waals surface area contributed by atoms with Crippen molar-refractivity contribution in [3.05, 3.63) is 6.92 Å². The van der Waals surface area contributed by atoms with Gasteiger partial charge >= 0.3 is 0 Å². The molecule has 1 aliphatic heterocycles. The zero-order valence-corrected chi connectivity index (χ0v) is 8.08. The van der Waals surface area contributed by atoms with Crippen LogP contribution in [-0.4, -0.2) is 57.6 Å². The Hall–Kier alpha value is -0.200. The van der Waals surface area contributed by atoms with Crippen molar-refractivity contribution in [3.63, 3.8) is 0 Å². The summed E-state index contributed by atoms with van der Waals surface area (Å²) in [5.74, 6) is -0.235. The van der Waals surface area contributed by atoms with Gasteiger partial charge < -0.3 is 25.2 Å². The van der Waals surface area contributed by atoms with Crippen LogP contribution in [0.5, 0.6) is 0 Å². The monoisotopic (exact) mass is 205 g/mol. The third-order valence-corrected chi connectivity index (χ3v) is 2.49. The van der Waals surface area contributed by atoms with Crippen molar-refractivity contribution < 1.29 is 25.2 Å². The first-order chi connectivity index (χ1) is 6.49. The Balaban J connectivity index is 2.73. The van der Waals surface area contributed by atoms with Crippen LogP contribution in [-0.2, 0) is 4.74 Å². The Morgan fingerprint density at radius 2 is 1.79 bits per heavy atom. The molecule has 5 nitrogen and oxygen atoms in total. The van der Waals surface area contributed by atoms with Crippen LogP contribution in [0.1, 0.15) is 6.92 Å². The van der Waals surface area contributed by atoms with Gasteiger partial charge in [0.25, 0.3) is 0 Å². The molecule has 5 heteroatoms. The molecule has 0 aromatic rings. The van der Waals surface area contributed by atoms with Crippen LogP contribution in [0.3, 0.4) is 0 Å². The van der Waals surface area contributed by atoms with Crippen LogP contribution in [0.25, 0.3) is 0 Å². The van der Waals surface area contributed by atoms with Gasteiger partial charge in [-0.3, -0.25) is 0 Å². The Labute approximate surface area is 82.9 Å². The lowest BCUT2D eigenvalue weighted by Crippen LogP contribution is -2.59. The molecule has 1 fully saturated rings. The maximum Gasteiger partial charge on any atom is 0.111 e. The summed E-state index contributed by atoms with van der Waals surface area (Å²) in [6, 6.07) is 0. The van der Waals surface area contributed by atoms with E-state index in [9.17, 15) is 15.3 Å². The fraction of sp³-hybridized carbons (Fsp3) is 0.889. The number of rotatable bonds is 2. The van der Waals surface area contributed by atoms with E-state index in [0.29, 0.717) is 0 Å². The molecular weight excluding hydrogens is 188 g/mol. The van der Waals surface area contributed by atoms with Crippen LogP contribution in [0.15, 0.2) is 0 Å². The van der Waals surface area contributed by atoms with Gasteiger partial charge in [0.1, 0.15) is 24.4 Å². The van der Waals surface area contributed by atoms with Gasteiger partial charge in [0.2, 0.25) is 0 Å². The number of aliphatic hydroxyl groups is 4. The van der Waals surface area contributed by atoms with Crippen molar-refractivity contribution in [3.8, 4) is 0 Å². The first-order valence-corrected chi connectivity index (χ1v) is 4.62. The molecular formula is C9H17O5. The van der Waals surface area contributed by atoms with Crippen molar-refractivity contribution in [2.45, 2.75) is 37.4 Å². The van der Waals surface area contributed by atoms with Crippen molar-refractivity contribution in [2.24, 2.45) is 5.92 Å². The molecule has 83 valence electrons. The molecule has 0 aromatic carbocycles. The molecule has 0 saturated carbocycles. The summed E-state index contributed by atoms with van der Waals surface area (Å²) in [7, 11) is 0. The molecule has 1 heterocycles. The number of hydrogen-bond donors (Lipinski definition) is 4. The normalized spacial score (nSPS) is 44.4. The molecule has 1 aliphatic rings. The fourth-order valence-electron chi connectivity index (χ4n) is 1.60. The minimum Gasteiger partial charge on any atom is -0.394 e. The van der Waals surface area contributed by atoms with Crippen LogP contribution in [0, 0.1) is 12.8 Å². The molecule has 6 atom stereocenters. The lowest BCUT2D eigenvalue weighted by Gasteiger charge is -2.41. The molecule has 1 saturated heterocycles. The standard InChI is InChI=1S/C9H17O5/c1-4(2)9-8(13)7(12)6(11)5(3-10)14-9/h4-13H,1,3H2,2H3/t4?,5-,6-,7+,8-,9+/m1/s1. The van der Waals surface area contributed by atoms with Gasteiger partial charge in [-0.2, -0.15) is 0 Å². The molecule has 0 spiro atoms. The second-order valence-electron chi connectivity index (χ2n) is 3.77. The van der Waals surface area contributed by atoms with E-state index < -0.39 is 37.1 Å². The summed E-state index contributed by atoms with van der Waals surface area (Å²) in [6.07, 6.45) is -5.24. The fourth-order valence-corrected chi connectivity index (χ4v) is 1.60. The maximum absolute atomic E-state index is 9.53.